The van der Waals surface area contributed by atoms with Crippen LogP contribution in [-0.2, 0) is 0 Å². The van der Waals surface area contributed by atoms with E-state index in [1.54, 1.807) is 18.5 Å². The predicted molar refractivity (Wildman–Crippen MR) is 128 cm³/mol. The maximum absolute atomic E-state index is 11.4. The first-order chi connectivity index (χ1) is 15.9. The molecule has 9 heteroatoms. The van der Waals surface area contributed by atoms with Crippen LogP contribution >= 0.6 is 0 Å². The average molecular weight is 446 g/mol. The Hall–Kier alpha value is -3.85. The third kappa shape index (κ3) is 3.91. The Bertz CT molecular complexity index is 1290. The van der Waals surface area contributed by atoms with Gasteiger partial charge in [-0.2, -0.15) is 0 Å². The van der Waals surface area contributed by atoms with Gasteiger partial charge in [-0.1, -0.05) is 0 Å². The zero-order chi connectivity index (χ0) is 23.1. The van der Waals surface area contributed by atoms with Crippen molar-refractivity contribution in [3.8, 4) is 11.5 Å². The highest BCUT2D eigenvalue weighted by atomic mass is 16.3. The van der Waals surface area contributed by atoms with Crippen LogP contribution in [0.25, 0.3) is 17.1 Å². The number of aromatic nitrogens is 3. The van der Waals surface area contributed by atoms with E-state index in [-0.39, 0.29) is 0 Å². The van der Waals surface area contributed by atoms with Crippen LogP contribution in [0.15, 0.2) is 59.6 Å². The molecule has 170 valence electrons. The molecule has 1 aromatic carbocycles. The Kier molecular flexibility index (Phi) is 5.26. The zero-order valence-electron chi connectivity index (χ0n) is 18.9. The number of nitrogens with zero attached hydrogens (tertiary/aromatic N) is 5. The number of fused-ring (bicyclic) bond motifs is 1. The van der Waals surface area contributed by atoms with Crippen molar-refractivity contribution in [3.05, 3.63) is 60.7 Å². The van der Waals surface area contributed by atoms with Crippen molar-refractivity contribution in [3.63, 3.8) is 0 Å². The molecule has 5 rings (SSSR count). The summed E-state index contributed by atoms with van der Waals surface area (Å²) >= 11 is 0. The molecule has 1 amide bonds. The van der Waals surface area contributed by atoms with E-state index in [1.807, 2.05) is 10.6 Å². The van der Waals surface area contributed by atoms with Gasteiger partial charge in [-0.3, -0.25) is 14.1 Å². The quantitative estimate of drug-likeness (QED) is 0.485. The second-order valence-electron chi connectivity index (χ2n) is 8.64. The van der Waals surface area contributed by atoms with E-state index < -0.39 is 5.91 Å². The Morgan fingerprint density at radius 2 is 1.94 bits per heavy atom. The number of carbonyl (C=O) groups is 1. The van der Waals surface area contributed by atoms with Crippen molar-refractivity contribution < 1.29 is 9.21 Å². The minimum absolute atomic E-state index is 0.310. The molecule has 4 aromatic rings. The lowest BCUT2D eigenvalue weighted by Gasteiger charge is -2.43. The number of piperazine rings is 1. The summed E-state index contributed by atoms with van der Waals surface area (Å²) in [6.07, 6.45) is 6.55. The van der Waals surface area contributed by atoms with Gasteiger partial charge in [0.05, 0.1) is 11.8 Å². The number of nitrogens with two attached hydrogens (primary N) is 1. The lowest BCUT2D eigenvalue weighted by molar-refractivity contribution is 0.0999. The van der Waals surface area contributed by atoms with E-state index in [0.717, 1.165) is 18.8 Å². The third-order valence-electron chi connectivity index (χ3n) is 6.32. The molecule has 4 heterocycles. The number of hydrogen-bond acceptors (Lipinski definition) is 7. The number of amides is 1. The molecule has 33 heavy (non-hydrogen) atoms. The lowest BCUT2D eigenvalue weighted by Crippen LogP contribution is -2.55. The van der Waals surface area contributed by atoms with E-state index in [0.29, 0.717) is 40.6 Å². The summed E-state index contributed by atoms with van der Waals surface area (Å²) in [5.74, 6) is 0.576. The van der Waals surface area contributed by atoms with Crippen LogP contribution in [-0.4, -0.2) is 57.4 Å². The van der Waals surface area contributed by atoms with Crippen molar-refractivity contribution in [2.45, 2.75) is 25.9 Å². The van der Waals surface area contributed by atoms with E-state index >= 15 is 0 Å². The topological polar surface area (TPSA) is 105 Å². The Balaban J connectivity index is 1.39. The molecule has 0 radical (unpaired) electrons. The second-order valence-corrected chi connectivity index (χ2v) is 8.64. The highest BCUT2D eigenvalue weighted by Crippen LogP contribution is 2.28. The fourth-order valence-electron chi connectivity index (χ4n) is 4.32. The van der Waals surface area contributed by atoms with E-state index in [4.69, 9.17) is 10.2 Å². The fraction of sp³-hybridized carbons (Fsp3) is 0.292. The first-order valence-corrected chi connectivity index (χ1v) is 11.0. The maximum atomic E-state index is 11.4. The SMILES string of the molecule is CC1CN(c2ccc(Nc3ncc(-c4cc(C(N)=O)co4)n4ccnc34)cc2)C(C)CN1C. The highest BCUT2D eigenvalue weighted by Gasteiger charge is 2.26. The molecule has 1 aliphatic heterocycles. The van der Waals surface area contributed by atoms with Gasteiger partial charge in [0, 0.05) is 48.9 Å². The largest absolute Gasteiger partial charge is 0.462 e. The van der Waals surface area contributed by atoms with E-state index in [1.165, 1.54) is 12.0 Å². The van der Waals surface area contributed by atoms with Crippen molar-refractivity contribution >= 4 is 28.7 Å². The van der Waals surface area contributed by atoms with Gasteiger partial charge in [0.1, 0.15) is 12.0 Å². The average Bonchev–Trinajstić information content (AvgIpc) is 3.48. The highest BCUT2D eigenvalue weighted by molar-refractivity contribution is 5.93. The second kappa shape index (κ2) is 8.25. The number of benzene rings is 1. The number of rotatable bonds is 5. The van der Waals surface area contributed by atoms with Gasteiger partial charge in [0.15, 0.2) is 17.2 Å². The predicted octanol–water partition coefficient (Wildman–Crippen LogP) is 3.36. The van der Waals surface area contributed by atoms with Crippen molar-refractivity contribution in [1.82, 2.24) is 19.3 Å². The first kappa shape index (κ1) is 21.0. The normalized spacial score (nSPS) is 19.2. The van der Waals surface area contributed by atoms with Crippen LogP contribution in [0.5, 0.6) is 0 Å². The molecular weight excluding hydrogens is 418 g/mol. The summed E-state index contributed by atoms with van der Waals surface area (Å²) in [6.45, 7) is 6.58. The summed E-state index contributed by atoms with van der Waals surface area (Å²) in [6, 6.07) is 11.0. The Morgan fingerprint density at radius 1 is 1.15 bits per heavy atom. The smallest absolute Gasteiger partial charge is 0.251 e. The molecule has 3 N–H and O–H groups in total. The minimum atomic E-state index is -0.540. The van der Waals surface area contributed by atoms with Crippen molar-refractivity contribution in [2.24, 2.45) is 5.73 Å². The maximum Gasteiger partial charge on any atom is 0.251 e. The molecule has 0 saturated carbocycles. The molecular formula is C24H27N7O2. The van der Waals surface area contributed by atoms with Gasteiger partial charge in [0.25, 0.3) is 5.91 Å². The van der Waals surface area contributed by atoms with Crippen LogP contribution < -0.4 is 16.0 Å². The van der Waals surface area contributed by atoms with E-state index in [2.05, 4.69) is 70.2 Å². The van der Waals surface area contributed by atoms with Crippen LogP contribution in [0, 0.1) is 0 Å². The molecule has 9 nitrogen and oxygen atoms in total. The molecule has 0 aliphatic carbocycles. The molecule has 1 saturated heterocycles. The van der Waals surface area contributed by atoms with Crippen LogP contribution in [0.4, 0.5) is 17.2 Å². The number of hydrogen-bond donors (Lipinski definition) is 2. The molecule has 3 aromatic heterocycles. The fourth-order valence-corrected chi connectivity index (χ4v) is 4.32. The molecule has 2 unspecified atom stereocenters. The molecule has 1 aliphatic rings. The number of imidazole rings is 1. The van der Waals surface area contributed by atoms with Crippen LogP contribution in [0.3, 0.4) is 0 Å². The number of nitrogens with one attached hydrogen (secondary N) is 1. The minimum Gasteiger partial charge on any atom is -0.462 e. The summed E-state index contributed by atoms with van der Waals surface area (Å²) < 4.78 is 7.39. The van der Waals surface area contributed by atoms with Gasteiger partial charge in [-0.05, 0) is 51.2 Å². The van der Waals surface area contributed by atoms with E-state index in [9.17, 15) is 4.79 Å². The molecule has 2 atom stereocenters. The lowest BCUT2D eigenvalue weighted by atomic mass is 10.1. The molecule has 1 fully saturated rings. The van der Waals surface area contributed by atoms with Crippen LogP contribution in [0.2, 0.25) is 0 Å². The number of anilines is 3. The standard InChI is InChI=1S/C24H27N7O2/c1-15-13-31(16(2)12-29(15)3)19-6-4-18(5-7-19)28-23-24-26-8-9-30(24)20(11-27-23)21-10-17(14-33-21)22(25)32/h4-11,14-16H,12-13H2,1-3H3,(H2,25,32)(H,27,28). The van der Waals surface area contributed by atoms with Crippen molar-refractivity contribution in [2.75, 3.05) is 30.4 Å². The number of carbonyl (C=O) groups excluding carboxylic acids is 1. The van der Waals surface area contributed by atoms with Gasteiger partial charge >= 0.3 is 0 Å². The monoisotopic (exact) mass is 445 g/mol. The molecule has 0 bridgehead atoms. The summed E-state index contributed by atoms with van der Waals surface area (Å²) in [5.41, 5.74) is 9.11. The van der Waals surface area contributed by atoms with Gasteiger partial charge in [-0.15, -0.1) is 0 Å². The summed E-state index contributed by atoms with van der Waals surface area (Å²) in [7, 11) is 2.18. The first-order valence-electron chi connectivity index (χ1n) is 11.0. The number of likely N-dealkylation sites (N-methyl/N-ethyl adjacent to an activating group) is 1. The van der Waals surface area contributed by atoms with Gasteiger partial charge < -0.3 is 20.4 Å². The third-order valence-corrected chi connectivity index (χ3v) is 6.32. The molecule has 0 spiro atoms. The number of primary amides is 1. The summed E-state index contributed by atoms with van der Waals surface area (Å²) in [5, 5.41) is 3.37. The van der Waals surface area contributed by atoms with Gasteiger partial charge in [-0.25, -0.2) is 9.97 Å². The van der Waals surface area contributed by atoms with Crippen molar-refractivity contribution in [1.29, 1.82) is 0 Å². The Morgan fingerprint density at radius 3 is 2.67 bits per heavy atom. The van der Waals surface area contributed by atoms with Crippen LogP contribution in [0.1, 0.15) is 24.2 Å². The number of furan rings is 1. The zero-order valence-corrected chi connectivity index (χ0v) is 18.9. The summed E-state index contributed by atoms with van der Waals surface area (Å²) in [4.78, 5) is 25.3. The Labute approximate surface area is 191 Å². The van der Waals surface area contributed by atoms with Gasteiger partial charge in [0.2, 0.25) is 0 Å².